The smallest absolute Gasteiger partial charge is 0.420 e. The van der Waals surface area contributed by atoms with Crippen LogP contribution in [0.15, 0.2) is 29.2 Å². The number of thioether (sulfide) groups is 1. The lowest BCUT2D eigenvalue weighted by Crippen LogP contribution is -2.27. The van der Waals surface area contributed by atoms with Gasteiger partial charge in [0.2, 0.25) is 0 Å². The van der Waals surface area contributed by atoms with Crippen molar-refractivity contribution in [3.8, 4) is 5.75 Å². The van der Waals surface area contributed by atoms with Crippen molar-refractivity contribution in [1.82, 2.24) is 5.32 Å². The van der Waals surface area contributed by atoms with Crippen molar-refractivity contribution in [2.45, 2.75) is 22.7 Å². The van der Waals surface area contributed by atoms with Gasteiger partial charge in [0.15, 0.2) is 0 Å². The summed E-state index contributed by atoms with van der Waals surface area (Å²) in [6.07, 6.45) is -3.90. The van der Waals surface area contributed by atoms with Gasteiger partial charge >= 0.3 is 12.1 Å². The summed E-state index contributed by atoms with van der Waals surface area (Å²) in [6, 6.07) is 6.05. The van der Waals surface area contributed by atoms with E-state index in [1.165, 1.54) is 12.1 Å². The van der Waals surface area contributed by atoms with Crippen molar-refractivity contribution in [3.63, 3.8) is 0 Å². The molecule has 0 saturated carbocycles. The van der Waals surface area contributed by atoms with Gasteiger partial charge in [0.1, 0.15) is 5.75 Å². The summed E-state index contributed by atoms with van der Waals surface area (Å²) >= 11 is 1.66. The molecule has 1 heterocycles. The third-order valence-corrected chi connectivity index (χ3v) is 3.86. The Morgan fingerprint density at radius 3 is 2.53 bits per heavy atom. The second kappa shape index (κ2) is 5.83. The van der Waals surface area contributed by atoms with Crippen molar-refractivity contribution >= 4 is 17.7 Å². The van der Waals surface area contributed by atoms with E-state index >= 15 is 0 Å². The molecule has 1 fully saturated rings. The monoisotopic (exact) mass is 291 g/mol. The molecule has 0 radical (unpaired) electrons. The first-order chi connectivity index (χ1) is 8.95. The second-order valence-corrected chi connectivity index (χ2v) is 5.47. The highest BCUT2D eigenvalue weighted by Crippen LogP contribution is 2.29. The number of halogens is 3. The summed E-state index contributed by atoms with van der Waals surface area (Å²) in [7, 11) is 0. The molecule has 1 aromatic carbocycles. The lowest BCUT2D eigenvalue weighted by Gasteiger charge is -2.09. The van der Waals surface area contributed by atoms with Crippen LogP contribution in [0.5, 0.6) is 5.75 Å². The first-order valence-corrected chi connectivity index (χ1v) is 6.59. The van der Waals surface area contributed by atoms with Crippen LogP contribution in [0.4, 0.5) is 13.2 Å². The van der Waals surface area contributed by atoms with Gasteiger partial charge in [-0.25, -0.2) is 4.79 Å². The van der Waals surface area contributed by atoms with Gasteiger partial charge in [0.05, 0.1) is 0 Å². The van der Waals surface area contributed by atoms with Crippen molar-refractivity contribution in [3.05, 3.63) is 24.3 Å². The highest BCUT2D eigenvalue weighted by atomic mass is 32.2. The minimum atomic E-state index is -4.97. The molecule has 1 aliphatic rings. The van der Waals surface area contributed by atoms with Crippen LogP contribution in [0, 0.1) is 0 Å². The van der Waals surface area contributed by atoms with Gasteiger partial charge in [-0.15, -0.1) is 11.8 Å². The molecule has 1 aliphatic heterocycles. The van der Waals surface area contributed by atoms with E-state index in [9.17, 15) is 18.0 Å². The predicted octanol–water partition coefficient (Wildman–Crippen LogP) is 2.61. The van der Waals surface area contributed by atoms with Gasteiger partial charge in [0.25, 0.3) is 0 Å². The first kappa shape index (κ1) is 14.2. The van der Waals surface area contributed by atoms with E-state index in [1.54, 1.807) is 23.9 Å². The van der Waals surface area contributed by atoms with E-state index in [0.717, 1.165) is 24.4 Å². The summed E-state index contributed by atoms with van der Waals surface area (Å²) in [5.41, 5.74) is 0. The number of carbonyl (C=O) groups is 1. The van der Waals surface area contributed by atoms with Crippen LogP contribution in [0.25, 0.3) is 0 Å². The molecule has 1 atom stereocenters. The molecular formula is C12H12F3NO2S. The minimum absolute atomic E-state index is 0.101. The van der Waals surface area contributed by atoms with Gasteiger partial charge in [0, 0.05) is 16.7 Å². The highest BCUT2D eigenvalue weighted by Gasteiger charge is 2.41. The topological polar surface area (TPSA) is 38.3 Å². The largest absolute Gasteiger partial charge is 0.491 e. The zero-order chi connectivity index (χ0) is 13.9. The molecule has 1 aromatic rings. The van der Waals surface area contributed by atoms with Gasteiger partial charge < -0.3 is 10.1 Å². The molecule has 0 spiro atoms. The number of benzene rings is 1. The number of ether oxygens (including phenoxy) is 1. The molecule has 7 heteroatoms. The molecule has 0 aromatic heterocycles. The SMILES string of the molecule is O=C(Oc1ccc(S[C@@H]2CCNC2)cc1)C(F)(F)F. The van der Waals surface area contributed by atoms with Crippen LogP contribution in [0.1, 0.15) is 6.42 Å². The highest BCUT2D eigenvalue weighted by molar-refractivity contribution is 8.00. The minimum Gasteiger partial charge on any atom is -0.420 e. The van der Waals surface area contributed by atoms with Crippen LogP contribution < -0.4 is 10.1 Å². The van der Waals surface area contributed by atoms with Gasteiger partial charge in [-0.3, -0.25) is 0 Å². The average molecular weight is 291 g/mol. The normalized spacial score (nSPS) is 19.4. The van der Waals surface area contributed by atoms with Crippen molar-refractivity contribution in [2.24, 2.45) is 0 Å². The lowest BCUT2D eigenvalue weighted by atomic mass is 10.3. The molecule has 1 N–H and O–H groups in total. The van der Waals surface area contributed by atoms with Gasteiger partial charge in [-0.05, 0) is 37.2 Å². The molecule has 0 aliphatic carbocycles. The van der Waals surface area contributed by atoms with E-state index < -0.39 is 12.1 Å². The number of carbonyl (C=O) groups excluding carboxylic acids is 1. The Morgan fingerprint density at radius 2 is 2.00 bits per heavy atom. The maximum Gasteiger partial charge on any atom is 0.491 e. The van der Waals surface area contributed by atoms with Crippen LogP contribution >= 0.6 is 11.8 Å². The molecule has 1 saturated heterocycles. The Labute approximate surface area is 112 Å². The van der Waals surface area contributed by atoms with E-state index in [0.29, 0.717) is 5.25 Å². The summed E-state index contributed by atoms with van der Waals surface area (Å²) < 4.78 is 40.2. The van der Waals surface area contributed by atoms with Crippen molar-refractivity contribution < 1.29 is 22.7 Å². The van der Waals surface area contributed by atoms with E-state index in [1.807, 2.05) is 0 Å². The maximum atomic E-state index is 12.0. The van der Waals surface area contributed by atoms with Gasteiger partial charge in [-0.1, -0.05) is 0 Å². The third kappa shape index (κ3) is 4.14. The van der Waals surface area contributed by atoms with Crippen LogP contribution in [-0.4, -0.2) is 30.5 Å². The summed E-state index contributed by atoms with van der Waals surface area (Å²) in [5.74, 6) is -2.30. The van der Waals surface area contributed by atoms with E-state index in [-0.39, 0.29) is 5.75 Å². The number of rotatable bonds is 3. The maximum absolute atomic E-state index is 12.0. The molecule has 19 heavy (non-hydrogen) atoms. The Hall–Kier alpha value is -1.21. The molecule has 0 unspecified atom stereocenters. The fourth-order valence-corrected chi connectivity index (χ4v) is 2.79. The van der Waals surface area contributed by atoms with E-state index in [4.69, 9.17) is 0 Å². The molecule has 0 amide bonds. The van der Waals surface area contributed by atoms with Gasteiger partial charge in [-0.2, -0.15) is 13.2 Å². The van der Waals surface area contributed by atoms with Crippen LogP contribution in [-0.2, 0) is 4.79 Å². The average Bonchev–Trinajstić information content (AvgIpc) is 2.83. The van der Waals surface area contributed by atoms with Crippen molar-refractivity contribution in [1.29, 1.82) is 0 Å². The number of hydrogen-bond donors (Lipinski definition) is 1. The number of esters is 1. The first-order valence-electron chi connectivity index (χ1n) is 5.71. The summed E-state index contributed by atoms with van der Waals surface area (Å²) in [4.78, 5) is 11.6. The number of alkyl halides is 3. The molecule has 3 nitrogen and oxygen atoms in total. The Balaban J connectivity index is 1.92. The lowest BCUT2D eigenvalue weighted by molar-refractivity contribution is -0.189. The zero-order valence-corrected chi connectivity index (χ0v) is 10.7. The Kier molecular flexibility index (Phi) is 4.36. The van der Waals surface area contributed by atoms with Crippen molar-refractivity contribution in [2.75, 3.05) is 13.1 Å². The Bertz CT molecular complexity index is 441. The van der Waals surface area contributed by atoms with E-state index in [2.05, 4.69) is 10.1 Å². The quantitative estimate of drug-likeness (QED) is 0.686. The molecular weight excluding hydrogens is 279 g/mol. The number of nitrogens with one attached hydrogen (secondary N) is 1. The molecule has 104 valence electrons. The van der Waals surface area contributed by atoms with Crippen LogP contribution in [0.3, 0.4) is 0 Å². The summed E-state index contributed by atoms with van der Waals surface area (Å²) in [6.45, 7) is 1.91. The summed E-state index contributed by atoms with van der Waals surface area (Å²) in [5, 5.41) is 3.71. The van der Waals surface area contributed by atoms with Crippen LogP contribution in [0.2, 0.25) is 0 Å². The zero-order valence-electron chi connectivity index (χ0n) is 9.87. The third-order valence-electron chi connectivity index (χ3n) is 2.58. The number of hydrogen-bond acceptors (Lipinski definition) is 4. The standard InChI is InChI=1S/C12H12F3NO2S/c13-12(14,15)11(17)18-8-1-3-9(4-2-8)19-10-5-6-16-7-10/h1-4,10,16H,5-7H2/t10-/m1/s1. The fourth-order valence-electron chi connectivity index (χ4n) is 1.67. The second-order valence-electron chi connectivity index (χ2n) is 4.09. The predicted molar refractivity (Wildman–Crippen MR) is 65.3 cm³/mol. The Morgan fingerprint density at radius 1 is 1.32 bits per heavy atom. The molecule has 2 rings (SSSR count). The fraction of sp³-hybridized carbons (Fsp3) is 0.417. The molecule has 0 bridgehead atoms.